The number of para-hydroxylation sites is 1. The standard InChI is InChI=1S/C22H20FNO4/c1-27-21-11-8-16(22(25)26)12-19(21)24-13-17-4-2-3-5-20(17)28-14-15-6-9-18(23)10-7-15/h2-12,24H,13-14H2,1H3,(H,25,26). The Bertz CT molecular complexity index is 957. The number of carboxylic acid groups (broad SMARTS) is 1. The molecule has 0 saturated carbocycles. The van der Waals surface area contributed by atoms with Crippen molar-refractivity contribution in [2.75, 3.05) is 12.4 Å². The third-order valence-electron chi connectivity index (χ3n) is 4.20. The lowest BCUT2D eigenvalue weighted by Crippen LogP contribution is -2.06. The molecule has 3 rings (SSSR count). The minimum absolute atomic E-state index is 0.171. The first-order chi connectivity index (χ1) is 13.6. The van der Waals surface area contributed by atoms with Crippen LogP contribution in [-0.4, -0.2) is 18.2 Å². The first-order valence-electron chi connectivity index (χ1n) is 8.67. The van der Waals surface area contributed by atoms with Crippen molar-refractivity contribution in [3.05, 3.63) is 89.2 Å². The van der Waals surface area contributed by atoms with Crippen LogP contribution in [0.25, 0.3) is 0 Å². The van der Waals surface area contributed by atoms with Crippen LogP contribution in [0.1, 0.15) is 21.5 Å². The fraction of sp³-hybridized carbons (Fsp3) is 0.136. The lowest BCUT2D eigenvalue weighted by molar-refractivity contribution is 0.0697. The molecule has 28 heavy (non-hydrogen) atoms. The topological polar surface area (TPSA) is 67.8 Å². The summed E-state index contributed by atoms with van der Waals surface area (Å²) in [6.07, 6.45) is 0. The number of carboxylic acids is 1. The summed E-state index contributed by atoms with van der Waals surface area (Å²) in [5.74, 6) is -0.0537. The van der Waals surface area contributed by atoms with Crippen LogP contribution >= 0.6 is 0 Å². The maximum absolute atomic E-state index is 13.0. The zero-order valence-corrected chi connectivity index (χ0v) is 15.3. The van der Waals surface area contributed by atoms with E-state index in [2.05, 4.69) is 5.32 Å². The predicted octanol–water partition coefficient (Wildman–Crippen LogP) is 4.72. The average Bonchev–Trinajstić information content (AvgIpc) is 2.72. The summed E-state index contributed by atoms with van der Waals surface area (Å²) in [6.45, 7) is 0.730. The Hall–Kier alpha value is -3.54. The summed E-state index contributed by atoms with van der Waals surface area (Å²) in [5.41, 5.74) is 2.51. The van der Waals surface area contributed by atoms with Crippen LogP contribution in [0.4, 0.5) is 10.1 Å². The molecular weight excluding hydrogens is 361 g/mol. The maximum atomic E-state index is 13.0. The largest absolute Gasteiger partial charge is 0.495 e. The van der Waals surface area contributed by atoms with Crippen molar-refractivity contribution in [2.24, 2.45) is 0 Å². The van der Waals surface area contributed by atoms with E-state index in [-0.39, 0.29) is 11.4 Å². The highest BCUT2D eigenvalue weighted by molar-refractivity contribution is 5.89. The second-order valence-electron chi connectivity index (χ2n) is 6.10. The number of ether oxygens (including phenoxy) is 2. The van der Waals surface area contributed by atoms with E-state index in [1.54, 1.807) is 18.2 Å². The molecule has 5 nitrogen and oxygen atoms in total. The van der Waals surface area contributed by atoms with Crippen molar-refractivity contribution in [1.82, 2.24) is 0 Å². The molecular formula is C22H20FNO4. The molecule has 0 aliphatic carbocycles. The quantitative estimate of drug-likeness (QED) is 0.591. The number of hydrogen-bond donors (Lipinski definition) is 2. The molecule has 0 aliphatic heterocycles. The van der Waals surface area contributed by atoms with Crippen LogP contribution in [0.2, 0.25) is 0 Å². The van der Waals surface area contributed by atoms with Gasteiger partial charge in [-0.2, -0.15) is 0 Å². The fourth-order valence-electron chi connectivity index (χ4n) is 2.70. The molecule has 0 spiro atoms. The van der Waals surface area contributed by atoms with Gasteiger partial charge in [0.15, 0.2) is 0 Å². The lowest BCUT2D eigenvalue weighted by atomic mass is 10.1. The molecule has 0 radical (unpaired) electrons. The highest BCUT2D eigenvalue weighted by atomic mass is 19.1. The van der Waals surface area contributed by atoms with Crippen molar-refractivity contribution in [1.29, 1.82) is 0 Å². The summed E-state index contributed by atoms with van der Waals surface area (Å²) in [4.78, 5) is 11.2. The summed E-state index contributed by atoms with van der Waals surface area (Å²) in [5, 5.41) is 12.4. The summed E-state index contributed by atoms with van der Waals surface area (Å²) < 4.78 is 24.2. The zero-order valence-electron chi connectivity index (χ0n) is 15.3. The van der Waals surface area contributed by atoms with Crippen molar-refractivity contribution >= 4 is 11.7 Å². The fourth-order valence-corrected chi connectivity index (χ4v) is 2.70. The van der Waals surface area contributed by atoms with Crippen molar-refractivity contribution < 1.29 is 23.8 Å². The van der Waals surface area contributed by atoms with Crippen LogP contribution in [-0.2, 0) is 13.2 Å². The van der Waals surface area contributed by atoms with Crippen molar-refractivity contribution in [2.45, 2.75) is 13.2 Å². The molecule has 0 aromatic heterocycles. The number of aromatic carboxylic acids is 1. The molecule has 0 saturated heterocycles. The minimum Gasteiger partial charge on any atom is -0.495 e. The highest BCUT2D eigenvalue weighted by Gasteiger charge is 2.10. The SMILES string of the molecule is COc1ccc(C(=O)O)cc1NCc1ccccc1OCc1ccc(F)cc1. The Labute approximate surface area is 162 Å². The van der Waals surface area contributed by atoms with Gasteiger partial charge in [0.05, 0.1) is 18.4 Å². The van der Waals surface area contributed by atoms with Gasteiger partial charge in [-0.15, -0.1) is 0 Å². The number of methoxy groups -OCH3 is 1. The molecule has 3 aromatic rings. The first-order valence-corrected chi connectivity index (χ1v) is 8.67. The van der Waals surface area contributed by atoms with E-state index in [1.807, 2.05) is 24.3 Å². The van der Waals surface area contributed by atoms with E-state index >= 15 is 0 Å². The second-order valence-corrected chi connectivity index (χ2v) is 6.10. The molecule has 2 N–H and O–H groups in total. The number of hydrogen-bond acceptors (Lipinski definition) is 4. The Balaban J connectivity index is 1.72. The number of carbonyl (C=O) groups is 1. The third kappa shape index (κ3) is 4.79. The average molecular weight is 381 g/mol. The van der Waals surface area contributed by atoms with Crippen LogP contribution in [0.5, 0.6) is 11.5 Å². The van der Waals surface area contributed by atoms with Gasteiger partial charge in [-0.1, -0.05) is 30.3 Å². The highest BCUT2D eigenvalue weighted by Crippen LogP contribution is 2.27. The van der Waals surface area contributed by atoms with Crippen molar-refractivity contribution in [3.63, 3.8) is 0 Å². The van der Waals surface area contributed by atoms with E-state index in [4.69, 9.17) is 9.47 Å². The molecule has 0 unspecified atom stereocenters. The first kappa shape index (κ1) is 19.2. The second kappa shape index (κ2) is 8.90. The number of anilines is 1. The van der Waals surface area contributed by atoms with Crippen LogP contribution in [0, 0.1) is 5.82 Å². The maximum Gasteiger partial charge on any atom is 0.335 e. The van der Waals surface area contributed by atoms with Gasteiger partial charge in [0, 0.05) is 12.1 Å². The summed E-state index contributed by atoms with van der Waals surface area (Å²) in [6, 6.07) is 18.3. The lowest BCUT2D eigenvalue weighted by Gasteiger charge is -2.15. The smallest absolute Gasteiger partial charge is 0.335 e. The van der Waals surface area contributed by atoms with Crippen molar-refractivity contribution in [3.8, 4) is 11.5 Å². The molecule has 0 bridgehead atoms. The summed E-state index contributed by atoms with van der Waals surface area (Å²) in [7, 11) is 1.53. The monoisotopic (exact) mass is 381 g/mol. The molecule has 0 heterocycles. The number of rotatable bonds is 8. The molecule has 6 heteroatoms. The van der Waals surface area contributed by atoms with E-state index in [0.29, 0.717) is 30.3 Å². The van der Waals surface area contributed by atoms with Gasteiger partial charge in [0.25, 0.3) is 0 Å². The van der Waals surface area contributed by atoms with E-state index in [1.165, 1.54) is 31.4 Å². The van der Waals surface area contributed by atoms with E-state index < -0.39 is 5.97 Å². The number of nitrogens with one attached hydrogen (secondary N) is 1. The normalized spacial score (nSPS) is 10.4. The predicted molar refractivity (Wildman–Crippen MR) is 104 cm³/mol. The van der Waals surface area contributed by atoms with Gasteiger partial charge in [0.1, 0.15) is 23.9 Å². The Kier molecular flexibility index (Phi) is 6.11. The van der Waals surface area contributed by atoms with E-state index in [0.717, 1.165) is 11.1 Å². The van der Waals surface area contributed by atoms with Gasteiger partial charge in [0.2, 0.25) is 0 Å². The Morgan fingerprint density at radius 2 is 1.79 bits per heavy atom. The van der Waals surface area contributed by atoms with Crippen LogP contribution in [0.15, 0.2) is 66.7 Å². The minimum atomic E-state index is -1.01. The van der Waals surface area contributed by atoms with Crippen LogP contribution in [0.3, 0.4) is 0 Å². The van der Waals surface area contributed by atoms with Crippen LogP contribution < -0.4 is 14.8 Å². The molecule has 3 aromatic carbocycles. The molecule has 144 valence electrons. The molecule has 0 aliphatic rings. The van der Waals surface area contributed by atoms with Gasteiger partial charge in [-0.3, -0.25) is 0 Å². The Morgan fingerprint density at radius 3 is 2.50 bits per heavy atom. The van der Waals surface area contributed by atoms with E-state index in [9.17, 15) is 14.3 Å². The van der Waals surface area contributed by atoms with Gasteiger partial charge in [-0.25, -0.2) is 9.18 Å². The molecule has 0 fully saturated rings. The number of halogens is 1. The third-order valence-corrected chi connectivity index (χ3v) is 4.20. The Morgan fingerprint density at radius 1 is 1.04 bits per heavy atom. The molecule has 0 atom stereocenters. The number of benzene rings is 3. The zero-order chi connectivity index (χ0) is 19.9. The summed E-state index contributed by atoms with van der Waals surface area (Å²) >= 11 is 0. The molecule has 0 amide bonds. The van der Waals surface area contributed by atoms with Gasteiger partial charge < -0.3 is 19.9 Å². The van der Waals surface area contributed by atoms with Gasteiger partial charge >= 0.3 is 5.97 Å². The van der Waals surface area contributed by atoms with Gasteiger partial charge in [-0.05, 0) is 42.0 Å².